The van der Waals surface area contributed by atoms with Gasteiger partial charge in [0.2, 0.25) is 11.8 Å². The zero-order chi connectivity index (χ0) is 16.2. The summed E-state index contributed by atoms with van der Waals surface area (Å²) in [5.74, 6) is -0.128. The zero-order valence-corrected chi connectivity index (χ0v) is 13.1. The molecule has 2 amide bonds. The molecule has 0 radical (unpaired) electrons. The van der Waals surface area contributed by atoms with Gasteiger partial charge in [0, 0.05) is 38.3 Å². The summed E-state index contributed by atoms with van der Waals surface area (Å²) in [6.07, 6.45) is 4.83. The van der Waals surface area contributed by atoms with E-state index in [0.717, 1.165) is 16.8 Å². The van der Waals surface area contributed by atoms with Crippen molar-refractivity contribution in [3.63, 3.8) is 0 Å². The lowest BCUT2D eigenvalue weighted by molar-refractivity contribution is -0.141. The van der Waals surface area contributed by atoms with Gasteiger partial charge in [-0.25, -0.2) is 4.98 Å². The number of benzene rings is 1. The third-order valence-electron chi connectivity index (χ3n) is 4.28. The summed E-state index contributed by atoms with van der Waals surface area (Å²) >= 11 is 0. The molecule has 3 rings (SSSR count). The van der Waals surface area contributed by atoms with Crippen LogP contribution in [0.15, 0.2) is 36.8 Å². The van der Waals surface area contributed by atoms with E-state index >= 15 is 0 Å². The van der Waals surface area contributed by atoms with E-state index in [0.29, 0.717) is 25.8 Å². The molecule has 0 unspecified atom stereocenters. The summed E-state index contributed by atoms with van der Waals surface area (Å²) in [6, 6.07) is 7.54. The van der Waals surface area contributed by atoms with Crippen molar-refractivity contribution in [3.8, 4) is 0 Å². The highest BCUT2D eigenvalue weighted by molar-refractivity contribution is 5.88. The van der Waals surface area contributed by atoms with E-state index in [4.69, 9.17) is 0 Å². The van der Waals surface area contributed by atoms with E-state index in [1.165, 1.54) is 0 Å². The second kappa shape index (κ2) is 6.64. The molecule has 0 aliphatic carbocycles. The van der Waals surface area contributed by atoms with Gasteiger partial charge in [-0.2, -0.15) is 0 Å². The lowest BCUT2D eigenvalue weighted by atomic mass is 9.93. The standard InChI is InChI=1S/C17H20N4O2/c1-18-17(23)15-8-12-4-2-3-5-13(12)10-21(15)16(22)7-6-14-9-19-11-20-14/h2-5,9,11,15H,6-8,10H2,1H3,(H,18,23)(H,19,20)/t15-/m0/s1. The average molecular weight is 312 g/mol. The van der Waals surface area contributed by atoms with Crippen molar-refractivity contribution in [1.29, 1.82) is 0 Å². The minimum Gasteiger partial charge on any atom is -0.357 e. The quantitative estimate of drug-likeness (QED) is 0.885. The summed E-state index contributed by atoms with van der Waals surface area (Å²) in [5.41, 5.74) is 3.17. The molecular formula is C17H20N4O2. The van der Waals surface area contributed by atoms with Crippen LogP contribution in [0.25, 0.3) is 0 Å². The van der Waals surface area contributed by atoms with Gasteiger partial charge in [-0.05, 0) is 17.5 Å². The van der Waals surface area contributed by atoms with Gasteiger partial charge in [-0.3, -0.25) is 9.59 Å². The Hall–Kier alpha value is -2.63. The molecule has 1 aliphatic heterocycles. The van der Waals surface area contributed by atoms with Crippen molar-refractivity contribution in [1.82, 2.24) is 20.2 Å². The SMILES string of the molecule is CNC(=O)[C@@H]1Cc2ccccc2CN1C(=O)CCc1cnc[nH]1. The molecule has 0 bridgehead atoms. The molecule has 1 aliphatic rings. The monoisotopic (exact) mass is 312 g/mol. The van der Waals surface area contributed by atoms with Crippen LogP contribution in [0.2, 0.25) is 0 Å². The maximum atomic E-state index is 12.6. The molecule has 1 atom stereocenters. The first kappa shape index (κ1) is 15.3. The highest BCUT2D eigenvalue weighted by Crippen LogP contribution is 2.24. The van der Waals surface area contributed by atoms with Crippen molar-refractivity contribution in [3.05, 3.63) is 53.6 Å². The van der Waals surface area contributed by atoms with Gasteiger partial charge in [0.25, 0.3) is 0 Å². The van der Waals surface area contributed by atoms with Gasteiger partial charge < -0.3 is 15.2 Å². The van der Waals surface area contributed by atoms with Gasteiger partial charge in [0.1, 0.15) is 6.04 Å². The van der Waals surface area contributed by atoms with Gasteiger partial charge in [0.05, 0.1) is 6.33 Å². The summed E-state index contributed by atoms with van der Waals surface area (Å²) in [6.45, 7) is 0.482. The van der Waals surface area contributed by atoms with Crippen LogP contribution in [0.4, 0.5) is 0 Å². The number of fused-ring (bicyclic) bond motifs is 1. The number of aromatic amines is 1. The Kier molecular flexibility index (Phi) is 4.41. The lowest BCUT2D eigenvalue weighted by Crippen LogP contribution is -2.52. The summed E-state index contributed by atoms with van der Waals surface area (Å²) in [7, 11) is 1.61. The highest BCUT2D eigenvalue weighted by atomic mass is 16.2. The summed E-state index contributed by atoms with van der Waals surface area (Å²) in [5, 5.41) is 2.67. The molecule has 23 heavy (non-hydrogen) atoms. The summed E-state index contributed by atoms with van der Waals surface area (Å²) < 4.78 is 0. The minimum atomic E-state index is -0.441. The first-order chi connectivity index (χ1) is 11.2. The number of H-pyrrole nitrogens is 1. The largest absolute Gasteiger partial charge is 0.357 e. The number of aromatic nitrogens is 2. The number of carbonyl (C=O) groups excluding carboxylic acids is 2. The normalized spacial score (nSPS) is 16.7. The van der Waals surface area contributed by atoms with Crippen molar-refractivity contribution in [2.45, 2.75) is 31.8 Å². The Bertz CT molecular complexity index is 696. The van der Waals surface area contributed by atoms with Gasteiger partial charge in [-0.15, -0.1) is 0 Å². The molecule has 120 valence electrons. The van der Waals surface area contributed by atoms with Gasteiger partial charge >= 0.3 is 0 Å². The minimum absolute atomic E-state index is 0.0114. The van der Waals surface area contributed by atoms with Crippen LogP contribution in [0, 0.1) is 0 Å². The van der Waals surface area contributed by atoms with Crippen molar-refractivity contribution >= 4 is 11.8 Å². The average Bonchev–Trinajstić information content (AvgIpc) is 3.11. The predicted octanol–water partition coefficient (Wildman–Crippen LogP) is 1.04. The fourth-order valence-electron chi connectivity index (χ4n) is 2.99. The Morgan fingerprint density at radius 2 is 2.13 bits per heavy atom. The molecule has 0 saturated heterocycles. The van der Waals surface area contributed by atoms with E-state index in [2.05, 4.69) is 15.3 Å². The van der Waals surface area contributed by atoms with Crippen LogP contribution < -0.4 is 5.32 Å². The first-order valence-corrected chi connectivity index (χ1v) is 7.74. The van der Waals surface area contributed by atoms with Crippen molar-refractivity contribution in [2.24, 2.45) is 0 Å². The molecule has 2 N–H and O–H groups in total. The topological polar surface area (TPSA) is 78.1 Å². The van der Waals surface area contributed by atoms with Crippen LogP contribution in [-0.4, -0.2) is 39.8 Å². The number of carbonyl (C=O) groups is 2. The van der Waals surface area contributed by atoms with E-state index in [1.54, 1.807) is 24.5 Å². The number of imidazole rings is 1. The van der Waals surface area contributed by atoms with E-state index < -0.39 is 6.04 Å². The smallest absolute Gasteiger partial charge is 0.242 e. The molecule has 0 fully saturated rings. The molecule has 2 heterocycles. The van der Waals surface area contributed by atoms with Crippen LogP contribution >= 0.6 is 0 Å². The number of amides is 2. The number of hydrogen-bond donors (Lipinski definition) is 2. The van der Waals surface area contributed by atoms with Crippen LogP contribution in [0.3, 0.4) is 0 Å². The number of nitrogens with one attached hydrogen (secondary N) is 2. The fraction of sp³-hybridized carbons (Fsp3) is 0.353. The molecular weight excluding hydrogens is 292 g/mol. The maximum Gasteiger partial charge on any atom is 0.242 e. The van der Waals surface area contributed by atoms with Crippen molar-refractivity contribution < 1.29 is 9.59 Å². The Morgan fingerprint density at radius 1 is 1.35 bits per heavy atom. The van der Waals surface area contributed by atoms with Crippen LogP contribution in [0.5, 0.6) is 0 Å². The van der Waals surface area contributed by atoms with E-state index in [1.807, 2.05) is 24.3 Å². The molecule has 0 spiro atoms. The number of likely N-dealkylation sites (N-methyl/N-ethyl adjacent to an activating group) is 1. The zero-order valence-electron chi connectivity index (χ0n) is 13.1. The molecule has 0 saturated carbocycles. The summed E-state index contributed by atoms with van der Waals surface area (Å²) in [4.78, 5) is 33.5. The highest BCUT2D eigenvalue weighted by Gasteiger charge is 2.33. The van der Waals surface area contributed by atoms with E-state index in [9.17, 15) is 9.59 Å². The lowest BCUT2D eigenvalue weighted by Gasteiger charge is -2.35. The molecule has 1 aromatic carbocycles. The first-order valence-electron chi connectivity index (χ1n) is 7.74. The Labute approximate surface area is 134 Å². The number of aryl methyl sites for hydroxylation is 1. The van der Waals surface area contributed by atoms with Gasteiger partial charge in [-0.1, -0.05) is 24.3 Å². The molecule has 2 aromatic rings. The molecule has 1 aromatic heterocycles. The predicted molar refractivity (Wildman–Crippen MR) is 85.5 cm³/mol. The number of nitrogens with zero attached hydrogens (tertiary/aromatic N) is 2. The fourth-order valence-corrected chi connectivity index (χ4v) is 2.99. The Balaban J connectivity index is 1.77. The van der Waals surface area contributed by atoms with E-state index in [-0.39, 0.29) is 11.8 Å². The second-order valence-corrected chi connectivity index (χ2v) is 5.70. The maximum absolute atomic E-state index is 12.6. The van der Waals surface area contributed by atoms with Crippen LogP contribution in [0.1, 0.15) is 23.2 Å². The number of rotatable bonds is 4. The third-order valence-corrected chi connectivity index (χ3v) is 4.28. The van der Waals surface area contributed by atoms with Gasteiger partial charge in [0.15, 0.2) is 0 Å². The third kappa shape index (κ3) is 3.26. The number of hydrogen-bond acceptors (Lipinski definition) is 3. The molecule has 6 heteroatoms. The van der Waals surface area contributed by atoms with Crippen molar-refractivity contribution in [2.75, 3.05) is 7.05 Å². The molecule has 6 nitrogen and oxygen atoms in total. The Morgan fingerprint density at radius 3 is 2.83 bits per heavy atom. The second-order valence-electron chi connectivity index (χ2n) is 5.70. The van der Waals surface area contributed by atoms with Crippen LogP contribution in [-0.2, 0) is 29.0 Å².